The van der Waals surface area contributed by atoms with Crippen LogP contribution in [0, 0.1) is 0 Å². The van der Waals surface area contributed by atoms with Gasteiger partial charge in [0.05, 0.1) is 10.7 Å². The molecule has 2 rings (SSSR count). The topological polar surface area (TPSA) is 59.4 Å². The first-order chi connectivity index (χ1) is 8.56. The third-order valence-electron chi connectivity index (χ3n) is 2.00. The number of ether oxygens (including phenoxy) is 1. The number of carbonyl (C=O) groups is 1. The molecule has 1 aromatic heterocycles. The van der Waals surface area contributed by atoms with Crippen molar-refractivity contribution in [3.8, 4) is 5.75 Å². The van der Waals surface area contributed by atoms with Crippen molar-refractivity contribution < 1.29 is 14.6 Å². The summed E-state index contributed by atoms with van der Waals surface area (Å²) in [5.41, 5.74) is 0.545. The van der Waals surface area contributed by atoms with E-state index in [9.17, 15) is 4.79 Å². The van der Waals surface area contributed by atoms with Crippen molar-refractivity contribution >= 4 is 40.5 Å². The largest absolute Gasteiger partial charge is 0.486 e. The van der Waals surface area contributed by atoms with Gasteiger partial charge in [0.25, 0.3) is 0 Å². The van der Waals surface area contributed by atoms with Gasteiger partial charge in [-0.25, -0.2) is 9.78 Å². The minimum atomic E-state index is -1.05. The Labute approximate surface area is 117 Å². The van der Waals surface area contributed by atoms with E-state index in [1.54, 1.807) is 23.6 Å². The highest BCUT2D eigenvalue weighted by Crippen LogP contribution is 2.28. The Kier molecular flexibility index (Phi) is 4.06. The molecule has 7 heteroatoms. The van der Waals surface area contributed by atoms with Crippen molar-refractivity contribution in [2.45, 2.75) is 6.61 Å². The normalized spacial score (nSPS) is 10.3. The van der Waals surface area contributed by atoms with Gasteiger partial charge in [-0.2, -0.15) is 0 Å². The number of halogens is 2. The Morgan fingerprint density at radius 3 is 2.83 bits per heavy atom. The van der Waals surface area contributed by atoms with Gasteiger partial charge in [0.2, 0.25) is 5.01 Å². The Balaban J connectivity index is 2.04. The average molecular weight is 304 g/mol. The summed E-state index contributed by atoms with van der Waals surface area (Å²) in [5, 5.41) is 11.3. The molecule has 94 valence electrons. The Hall–Kier alpha value is -1.30. The molecule has 1 aromatic carbocycles. The first-order valence-corrected chi connectivity index (χ1v) is 6.45. The van der Waals surface area contributed by atoms with Gasteiger partial charge >= 0.3 is 5.97 Å². The molecule has 18 heavy (non-hydrogen) atoms. The summed E-state index contributed by atoms with van der Waals surface area (Å²) >= 11 is 12.7. The van der Waals surface area contributed by atoms with Crippen LogP contribution in [-0.2, 0) is 6.61 Å². The molecule has 0 aliphatic rings. The SMILES string of the molecule is O=C(O)c1nc(COc2ccc(Cl)cc2Cl)cs1. The van der Waals surface area contributed by atoms with Crippen LogP contribution in [0.5, 0.6) is 5.75 Å². The lowest BCUT2D eigenvalue weighted by Crippen LogP contribution is -1.99. The van der Waals surface area contributed by atoms with E-state index in [1.165, 1.54) is 0 Å². The number of hydrogen-bond acceptors (Lipinski definition) is 4. The van der Waals surface area contributed by atoms with E-state index in [-0.39, 0.29) is 11.6 Å². The van der Waals surface area contributed by atoms with Gasteiger partial charge < -0.3 is 9.84 Å². The molecule has 0 saturated carbocycles. The maximum Gasteiger partial charge on any atom is 0.365 e. The highest BCUT2D eigenvalue weighted by molar-refractivity contribution is 7.11. The quantitative estimate of drug-likeness (QED) is 0.935. The maximum absolute atomic E-state index is 10.7. The number of carboxylic acid groups (broad SMARTS) is 1. The van der Waals surface area contributed by atoms with Crippen LogP contribution in [-0.4, -0.2) is 16.1 Å². The molecule has 1 heterocycles. The Morgan fingerprint density at radius 1 is 1.44 bits per heavy atom. The third kappa shape index (κ3) is 3.13. The monoisotopic (exact) mass is 303 g/mol. The van der Waals surface area contributed by atoms with Gasteiger partial charge in [-0.3, -0.25) is 0 Å². The lowest BCUT2D eigenvalue weighted by atomic mass is 10.3. The highest BCUT2D eigenvalue weighted by Gasteiger charge is 2.10. The predicted molar refractivity (Wildman–Crippen MR) is 69.9 cm³/mol. The molecule has 2 aromatic rings. The summed E-state index contributed by atoms with van der Waals surface area (Å²) in [6.45, 7) is 0.158. The lowest BCUT2D eigenvalue weighted by Gasteiger charge is -2.06. The molecular weight excluding hydrogens is 297 g/mol. The molecular formula is C11H7Cl2NO3S. The number of aromatic nitrogens is 1. The smallest absolute Gasteiger partial charge is 0.365 e. The maximum atomic E-state index is 10.7. The molecule has 0 aliphatic heterocycles. The van der Waals surface area contributed by atoms with Crippen molar-refractivity contribution in [2.24, 2.45) is 0 Å². The second-order valence-corrected chi connectivity index (χ2v) is 5.01. The molecule has 0 radical (unpaired) electrons. The molecule has 4 nitrogen and oxygen atoms in total. The molecule has 0 spiro atoms. The van der Waals surface area contributed by atoms with Gasteiger partial charge in [-0.05, 0) is 18.2 Å². The van der Waals surface area contributed by atoms with E-state index >= 15 is 0 Å². The fourth-order valence-corrected chi connectivity index (χ4v) is 2.32. The first kappa shape index (κ1) is 13.1. The summed E-state index contributed by atoms with van der Waals surface area (Å²) < 4.78 is 5.43. The lowest BCUT2D eigenvalue weighted by molar-refractivity contribution is 0.0696. The van der Waals surface area contributed by atoms with E-state index in [4.69, 9.17) is 33.0 Å². The number of thiazole rings is 1. The molecule has 0 aliphatic carbocycles. The Bertz CT molecular complexity index is 585. The summed E-state index contributed by atoms with van der Waals surface area (Å²) in [6.07, 6.45) is 0. The van der Waals surface area contributed by atoms with Crippen LogP contribution < -0.4 is 4.74 Å². The zero-order valence-corrected chi connectivity index (χ0v) is 11.2. The number of rotatable bonds is 4. The van der Waals surface area contributed by atoms with Crippen molar-refractivity contribution in [3.05, 3.63) is 44.3 Å². The number of aromatic carboxylic acids is 1. The second kappa shape index (κ2) is 5.56. The first-order valence-electron chi connectivity index (χ1n) is 4.82. The van der Waals surface area contributed by atoms with Gasteiger partial charge in [-0.1, -0.05) is 23.2 Å². The van der Waals surface area contributed by atoms with Gasteiger partial charge in [-0.15, -0.1) is 11.3 Å². The van der Waals surface area contributed by atoms with E-state index in [2.05, 4.69) is 4.98 Å². The second-order valence-electron chi connectivity index (χ2n) is 3.31. The van der Waals surface area contributed by atoms with E-state index in [0.29, 0.717) is 21.5 Å². The summed E-state index contributed by atoms with van der Waals surface area (Å²) in [6, 6.07) is 4.88. The van der Waals surface area contributed by atoms with E-state index in [1.807, 2.05) is 0 Å². The van der Waals surface area contributed by atoms with Crippen molar-refractivity contribution in [1.82, 2.24) is 4.98 Å². The van der Waals surface area contributed by atoms with E-state index < -0.39 is 5.97 Å². The van der Waals surface area contributed by atoms with Crippen LogP contribution in [0.15, 0.2) is 23.6 Å². The number of carboxylic acids is 1. The van der Waals surface area contributed by atoms with Crippen LogP contribution in [0.3, 0.4) is 0 Å². The zero-order valence-electron chi connectivity index (χ0n) is 8.89. The fourth-order valence-electron chi connectivity index (χ4n) is 1.22. The highest BCUT2D eigenvalue weighted by atomic mass is 35.5. The van der Waals surface area contributed by atoms with Crippen LogP contribution in [0.4, 0.5) is 0 Å². The molecule has 1 N–H and O–H groups in total. The van der Waals surface area contributed by atoms with Crippen LogP contribution >= 0.6 is 34.5 Å². The summed E-state index contributed by atoms with van der Waals surface area (Å²) in [7, 11) is 0. The standard InChI is InChI=1S/C11H7Cl2NO3S/c12-6-1-2-9(8(13)3-6)17-4-7-5-18-10(14-7)11(15)16/h1-3,5H,4H2,(H,15,16). The summed E-state index contributed by atoms with van der Waals surface area (Å²) in [5.74, 6) is -0.568. The average Bonchev–Trinajstić information content (AvgIpc) is 2.76. The third-order valence-corrected chi connectivity index (χ3v) is 3.41. The molecule has 0 amide bonds. The van der Waals surface area contributed by atoms with Crippen molar-refractivity contribution in [1.29, 1.82) is 0 Å². The molecule has 0 bridgehead atoms. The fraction of sp³-hybridized carbons (Fsp3) is 0.0909. The number of hydrogen-bond donors (Lipinski definition) is 1. The van der Waals surface area contributed by atoms with Crippen LogP contribution in [0.1, 0.15) is 15.5 Å². The van der Waals surface area contributed by atoms with Crippen LogP contribution in [0.25, 0.3) is 0 Å². The van der Waals surface area contributed by atoms with Gasteiger partial charge in [0.1, 0.15) is 12.4 Å². The van der Waals surface area contributed by atoms with Crippen molar-refractivity contribution in [3.63, 3.8) is 0 Å². The number of nitrogens with zero attached hydrogens (tertiary/aromatic N) is 1. The molecule has 0 atom stereocenters. The van der Waals surface area contributed by atoms with Gasteiger partial charge in [0, 0.05) is 10.4 Å². The molecule has 0 unspecified atom stereocenters. The molecule has 0 fully saturated rings. The zero-order chi connectivity index (χ0) is 13.1. The van der Waals surface area contributed by atoms with E-state index in [0.717, 1.165) is 11.3 Å². The van der Waals surface area contributed by atoms with Gasteiger partial charge in [0.15, 0.2) is 0 Å². The van der Waals surface area contributed by atoms with Crippen LogP contribution in [0.2, 0.25) is 10.0 Å². The number of benzene rings is 1. The minimum absolute atomic E-state index is 0.0378. The minimum Gasteiger partial charge on any atom is -0.486 e. The summed E-state index contributed by atoms with van der Waals surface area (Å²) in [4.78, 5) is 14.5. The molecule has 0 saturated heterocycles. The van der Waals surface area contributed by atoms with Crippen molar-refractivity contribution in [2.75, 3.05) is 0 Å². The Morgan fingerprint density at radius 2 is 2.22 bits per heavy atom. The predicted octanol–water partition coefficient (Wildman–Crippen LogP) is 3.73.